The van der Waals surface area contributed by atoms with E-state index in [0.29, 0.717) is 5.92 Å². The van der Waals surface area contributed by atoms with Crippen LogP contribution in [0, 0.1) is 11.3 Å². The lowest BCUT2D eigenvalue weighted by Crippen LogP contribution is -2.36. The van der Waals surface area contributed by atoms with Gasteiger partial charge in [-0.2, -0.15) is 0 Å². The molecule has 4 heteroatoms. The van der Waals surface area contributed by atoms with Crippen molar-refractivity contribution in [2.75, 3.05) is 20.1 Å². The fourth-order valence-electron chi connectivity index (χ4n) is 3.22. The van der Waals surface area contributed by atoms with Crippen molar-refractivity contribution in [2.24, 2.45) is 10.9 Å². The molecule has 0 amide bonds. The summed E-state index contributed by atoms with van der Waals surface area (Å²) in [5.74, 6) is 0.329. The normalized spacial score (nSPS) is 16.9. The summed E-state index contributed by atoms with van der Waals surface area (Å²) < 4.78 is 0. The summed E-state index contributed by atoms with van der Waals surface area (Å²) in [6.07, 6.45) is 3.92. The topological polar surface area (TPSA) is 51.5 Å². The molecule has 0 spiro atoms. The van der Waals surface area contributed by atoms with E-state index in [1.165, 1.54) is 11.1 Å². The SMILES string of the molecule is C=N/C(C)=C(\C)C(C(=C)N1CCC(C(=N)/C=C(/C)NC)CC1)=C(C)C. The second-order valence-electron chi connectivity index (χ2n) is 6.98. The van der Waals surface area contributed by atoms with Gasteiger partial charge in [-0.05, 0) is 65.8 Å². The number of hydrogen-bond donors (Lipinski definition) is 2. The molecule has 0 aromatic carbocycles. The van der Waals surface area contributed by atoms with Crippen molar-refractivity contribution in [1.82, 2.24) is 10.2 Å². The van der Waals surface area contributed by atoms with Gasteiger partial charge in [-0.15, -0.1) is 0 Å². The second kappa shape index (κ2) is 9.40. The van der Waals surface area contributed by atoms with Crippen molar-refractivity contribution in [3.8, 4) is 0 Å². The molecule has 1 heterocycles. The van der Waals surface area contributed by atoms with Crippen LogP contribution in [0.3, 0.4) is 0 Å². The zero-order chi connectivity index (χ0) is 19.1. The van der Waals surface area contributed by atoms with E-state index in [1.54, 1.807) is 0 Å². The third-order valence-electron chi connectivity index (χ3n) is 5.03. The van der Waals surface area contributed by atoms with Gasteiger partial charge in [-0.25, -0.2) is 0 Å². The van der Waals surface area contributed by atoms with Gasteiger partial charge in [0.25, 0.3) is 0 Å². The first kappa shape index (κ1) is 20.9. The lowest BCUT2D eigenvalue weighted by molar-refractivity contribution is 0.265. The molecule has 1 rings (SSSR count). The Labute approximate surface area is 153 Å². The Balaban J connectivity index is 2.86. The minimum Gasteiger partial charge on any atom is -0.392 e. The summed E-state index contributed by atoms with van der Waals surface area (Å²) in [7, 11) is 1.89. The van der Waals surface area contributed by atoms with E-state index < -0.39 is 0 Å². The van der Waals surface area contributed by atoms with Crippen LogP contribution in [0.5, 0.6) is 0 Å². The van der Waals surface area contributed by atoms with E-state index in [-0.39, 0.29) is 0 Å². The number of allylic oxidation sites excluding steroid dienone is 5. The van der Waals surface area contributed by atoms with E-state index in [9.17, 15) is 0 Å². The fourth-order valence-corrected chi connectivity index (χ4v) is 3.22. The molecule has 138 valence electrons. The van der Waals surface area contributed by atoms with E-state index in [0.717, 1.165) is 54.3 Å². The number of piperidine rings is 1. The van der Waals surface area contributed by atoms with Gasteiger partial charge in [0.15, 0.2) is 0 Å². The van der Waals surface area contributed by atoms with Crippen LogP contribution in [0.1, 0.15) is 47.5 Å². The Morgan fingerprint density at radius 2 is 1.72 bits per heavy atom. The molecule has 1 saturated heterocycles. The maximum absolute atomic E-state index is 8.30. The van der Waals surface area contributed by atoms with Gasteiger partial charge >= 0.3 is 0 Å². The van der Waals surface area contributed by atoms with Gasteiger partial charge in [0, 0.05) is 54.4 Å². The van der Waals surface area contributed by atoms with Crippen molar-refractivity contribution in [3.63, 3.8) is 0 Å². The average Bonchev–Trinajstić information content (AvgIpc) is 2.60. The molecule has 0 atom stereocenters. The van der Waals surface area contributed by atoms with Gasteiger partial charge in [0.2, 0.25) is 0 Å². The Hall–Kier alpha value is -2.10. The van der Waals surface area contributed by atoms with Crippen molar-refractivity contribution < 1.29 is 0 Å². The van der Waals surface area contributed by atoms with Crippen molar-refractivity contribution in [2.45, 2.75) is 47.5 Å². The van der Waals surface area contributed by atoms with Crippen LogP contribution in [-0.2, 0) is 0 Å². The summed E-state index contributed by atoms with van der Waals surface area (Å²) in [5.41, 5.74) is 7.34. The van der Waals surface area contributed by atoms with Crippen LogP contribution in [0.2, 0.25) is 0 Å². The lowest BCUT2D eigenvalue weighted by Gasteiger charge is -2.36. The van der Waals surface area contributed by atoms with Gasteiger partial charge in [-0.1, -0.05) is 12.2 Å². The first-order valence-corrected chi connectivity index (χ1v) is 8.93. The summed E-state index contributed by atoms with van der Waals surface area (Å²) in [6.45, 7) is 20.2. The number of aliphatic imine (C=N–C) groups is 1. The highest BCUT2D eigenvalue weighted by atomic mass is 15.1. The highest BCUT2D eigenvalue weighted by Crippen LogP contribution is 2.30. The predicted octanol–water partition coefficient (Wildman–Crippen LogP) is 4.69. The van der Waals surface area contributed by atoms with Crippen LogP contribution < -0.4 is 5.32 Å². The van der Waals surface area contributed by atoms with Crippen LogP contribution in [0.4, 0.5) is 0 Å². The van der Waals surface area contributed by atoms with Crippen LogP contribution >= 0.6 is 0 Å². The van der Waals surface area contributed by atoms with Crippen LogP contribution in [0.25, 0.3) is 0 Å². The lowest BCUT2D eigenvalue weighted by atomic mass is 9.89. The molecule has 0 bridgehead atoms. The molecule has 0 aromatic heterocycles. The minimum absolute atomic E-state index is 0.329. The molecule has 0 aliphatic carbocycles. The van der Waals surface area contributed by atoms with E-state index in [2.05, 4.69) is 49.3 Å². The largest absolute Gasteiger partial charge is 0.392 e. The second-order valence-corrected chi connectivity index (χ2v) is 6.98. The summed E-state index contributed by atoms with van der Waals surface area (Å²) in [4.78, 5) is 6.43. The standard InChI is InChI=1S/C21H34N4/c1-14(2)21(16(4)17(5)24-8)18(6)25-11-9-19(10-12-25)20(22)13-15(3)23-7/h13,19,22-23H,6,8-12H2,1-5,7H3/b15-13-,17-16+,22-20?. The molecule has 1 fully saturated rings. The molecule has 4 nitrogen and oxygen atoms in total. The molecule has 0 radical (unpaired) electrons. The molecule has 1 aliphatic rings. The van der Waals surface area contributed by atoms with E-state index in [4.69, 9.17) is 5.41 Å². The molecule has 0 saturated carbocycles. The Morgan fingerprint density at radius 3 is 2.16 bits per heavy atom. The third kappa shape index (κ3) is 5.45. The van der Waals surface area contributed by atoms with Gasteiger partial charge in [-0.3, -0.25) is 4.99 Å². The smallest absolute Gasteiger partial charge is 0.0401 e. The van der Waals surface area contributed by atoms with Gasteiger partial charge < -0.3 is 15.6 Å². The third-order valence-corrected chi connectivity index (χ3v) is 5.03. The average molecular weight is 343 g/mol. The quantitative estimate of drug-likeness (QED) is 0.521. The van der Waals surface area contributed by atoms with E-state index in [1.807, 2.05) is 27.0 Å². The maximum Gasteiger partial charge on any atom is 0.0401 e. The summed E-state index contributed by atoms with van der Waals surface area (Å²) in [5, 5.41) is 11.4. The number of rotatable bonds is 7. The molecule has 1 aliphatic heterocycles. The summed E-state index contributed by atoms with van der Waals surface area (Å²) >= 11 is 0. The van der Waals surface area contributed by atoms with Crippen LogP contribution in [0.15, 0.2) is 51.5 Å². The first-order chi connectivity index (χ1) is 11.7. The number of nitrogens with one attached hydrogen (secondary N) is 2. The van der Waals surface area contributed by atoms with Crippen molar-refractivity contribution >= 4 is 12.4 Å². The molecule has 0 aromatic rings. The van der Waals surface area contributed by atoms with Crippen molar-refractivity contribution in [1.29, 1.82) is 5.41 Å². The summed E-state index contributed by atoms with van der Waals surface area (Å²) in [6, 6.07) is 0. The number of hydrogen-bond acceptors (Lipinski definition) is 4. The minimum atomic E-state index is 0.329. The zero-order valence-electron chi connectivity index (χ0n) is 16.8. The maximum atomic E-state index is 8.30. The first-order valence-electron chi connectivity index (χ1n) is 8.93. The molecule has 0 unspecified atom stereocenters. The monoisotopic (exact) mass is 342 g/mol. The number of likely N-dealkylation sites (tertiary alicyclic amines) is 1. The Bertz CT molecular complexity index is 622. The van der Waals surface area contributed by atoms with Crippen LogP contribution in [-0.4, -0.2) is 37.5 Å². The molecular formula is C21H34N4. The highest BCUT2D eigenvalue weighted by Gasteiger charge is 2.24. The number of nitrogens with zero attached hydrogens (tertiary/aromatic N) is 2. The zero-order valence-corrected chi connectivity index (χ0v) is 16.8. The molecule has 2 N–H and O–H groups in total. The Kier molecular flexibility index (Phi) is 7.88. The predicted molar refractivity (Wildman–Crippen MR) is 110 cm³/mol. The van der Waals surface area contributed by atoms with Gasteiger partial charge in [0.05, 0.1) is 0 Å². The Morgan fingerprint density at radius 1 is 1.16 bits per heavy atom. The van der Waals surface area contributed by atoms with E-state index >= 15 is 0 Å². The molecule has 25 heavy (non-hydrogen) atoms. The molecular weight excluding hydrogens is 308 g/mol. The fraction of sp³-hybridized carbons (Fsp3) is 0.524. The van der Waals surface area contributed by atoms with Crippen molar-refractivity contribution in [3.05, 3.63) is 46.5 Å². The van der Waals surface area contributed by atoms with Gasteiger partial charge in [0.1, 0.15) is 0 Å². The highest BCUT2D eigenvalue weighted by molar-refractivity contribution is 5.94.